The standard InChI is InChI=1S/C10H17ClN4O/c1-10(2,3)13-5-8(16)7-4-6(11)9(12)15-14-7/h4,8,13,16H,5H2,1-3H3,(H2,12,15)/t8-/m0/s1. The number of halogens is 1. The van der Waals surface area contributed by atoms with Crippen LogP contribution < -0.4 is 11.1 Å². The minimum absolute atomic E-state index is 0.0635. The minimum atomic E-state index is -0.746. The highest BCUT2D eigenvalue weighted by Gasteiger charge is 2.15. The van der Waals surface area contributed by atoms with Crippen molar-refractivity contribution in [2.45, 2.75) is 32.4 Å². The van der Waals surface area contributed by atoms with E-state index in [1.807, 2.05) is 20.8 Å². The molecule has 0 aliphatic heterocycles. The van der Waals surface area contributed by atoms with Gasteiger partial charge >= 0.3 is 0 Å². The van der Waals surface area contributed by atoms with Gasteiger partial charge in [0, 0.05) is 12.1 Å². The second-order valence-electron chi connectivity index (χ2n) is 4.65. The molecule has 5 nitrogen and oxygen atoms in total. The maximum absolute atomic E-state index is 9.83. The van der Waals surface area contributed by atoms with Crippen LogP contribution in [0.2, 0.25) is 5.02 Å². The van der Waals surface area contributed by atoms with Crippen LogP contribution in [0.15, 0.2) is 6.07 Å². The lowest BCUT2D eigenvalue weighted by atomic mass is 10.1. The molecule has 0 bridgehead atoms. The lowest BCUT2D eigenvalue weighted by molar-refractivity contribution is 0.158. The van der Waals surface area contributed by atoms with E-state index in [-0.39, 0.29) is 11.4 Å². The molecule has 1 atom stereocenters. The Labute approximate surface area is 100 Å². The summed E-state index contributed by atoms with van der Waals surface area (Å²) in [6.45, 7) is 6.43. The van der Waals surface area contributed by atoms with E-state index in [9.17, 15) is 5.11 Å². The number of nitrogen functional groups attached to an aromatic ring is 1. The van der Waals surface area contributed by atoms with Crippen LogP contribution in [0.4, 0.5) is 5.82 Å². The van der Waals surface area contributed by atoms with E-state index in [0.29, 0.717) is 17.3 Å². The molecule has 16 heavy (non-hydrogen) atoms. The normalized spacial score (nSPS) is 13.8. The summed E-state index contributed by atoms with van der Waals surface area (Å²) in [5.41, 5.74) is 5.78. The summed E-state index contributed by atoms with van der Waals surface area (Å²) < 4.78 is 0. The highest BCUT2D eigenvalue weighted by molar-refractivity contribution is 6.32. The van der Waals surface area contributed by atoms with E-state index >= 15 is 0 Å². The van der Waals surface area contributed by atoms with Crippen molar-refractivity contribution >= 4 is 17.4 Å². The first kappa shape index (κ1) is 13.2. The molecule has 0 fully saturated rings. The molecule has 0 spiro atoms. The summed E-state index contributed by atoms with van der Waals surface area (Å²) >= 11 is 5.79. The largest absolute Gasteiger partial charge is 0.385 e. The molecular formula is C10H17ClN4O. The number of aliphatic hydroxyl groups is 1. The number of rotatable bonds is 3. The maximum atomic E-state index is 9.83. The minimum Gasteiger partial charge on any atom is -0.385 e. The zero-order valence-electron chi connectivity index (χ0n) is 9.66. The molecule has 1 aromatic rings. The molecule has 0 aliphatic carbocycles. The van der Waals surface area contributed by atoms with Crippen molar-refractivity contribution in [1.29, 1.82) is 0 Å². The van der Waals surface area contributed by atoms with Gasteiger partial charge in [-0.3, -0.25) is 0 Å². The quantitative estimate of drug-likeness (QED) is 0.743. The number of nitrogens with one attached hydrogen (secondary N) is 1. The van der Waals surface area contributed by atoms with E-state index in [2.05, 4.69) is 15.5 Å². The number of nitrogens with two attached hydrogens (primary N) is 1. The molecule has 1 rings (SSSR count). The van der Waals surface area contributed by atoms with Gasteiger partial charge in [0.2, 0.25) is 0 Å². The summed E-state index contributed by atoms with van der Waals surface area (Å²) in [5.74, 6) is 0.168. The number of nitrogens with zero attached hydrogens (tertiary/aromatic N) is 2. The number of hydrogen-bond acceptors (Lipinski definition) is 5. The Kier molecular flexibility index (Phi) is 4.07. The molecule has 4 N–H and O–H groups in total. The van der Waals surface area contributed by atoms with E-state index < -0.39 is 6.10 Å². The van der Waals surface area contributed by atoms with Crippen molar-refractivity contribution in [2.24, 2.45) is 0 Å². The van der Waals surface area contributed by atoms with Crippen LogP contribution in [0.5, 0.6) is 0 Å². The number of aromatic nitrogens is 2. The highest BCUT2D eigenvalue weighted by atomic mass is 35.5. The van der Waals surface area contributed by atoms with Gasteiger partial charge in [-0.05, 0) is 26.8 Å². The second kappa shape index (κ2) is 4.95. The number of aliphatic hydroxyl groups excluding tert-OH is 1. The van der Waals surface area contributed by atoms with Crippen LogP contribution in [0.25, 0.3) is 0 Å². The molecule has 0 amide bonds. The molecule has 0 saturated heterocycles. The van der Waals surface area contributed by atoms with E-state index in [4.69, 9.17) is 17.3 Å². The molecule has 0 aliphatic rings. The molecule has 6 heteroatoms. The van der Waals surface area contributed by atoms with Crippen LogP contribution in [0, 0.1) is 0 Å². The Morgan fingerprint density at radius 1 is 1.50 bits per heavy atom. The van der Waals surface area contributed by atoms with Gasteiger partial charge < -0.3 is 16.2 Å². The Bertz CT molecular complexity index is 364. The fourth-order valence-corrected chi connectivity index (χ4v) is 1.21. The third-order valence-corrected chi connectivity index (χ3v) is 2.26. The fourth-order valence-electron chi connectivity index (χ4n) is 1.06. The fraction of sp³-hybridized carbons (Fsp3) is 0.600. The van der Waals surface area contributed by atoms with E-state index in [0.717, 1.165) is 0 Å². The van der Waals surface area contributed by atoms with E-state index in [1.54, 1.807) is 0 Å². The molecule has 0 radical (unpaired) electrons. The van der Waals surface area contributed by atoms with Crippen LogP contribution >= 0.6 is 11.6 Å². The summed E-state index contributed by atoms with van der Waals surface area (Å²) in [6.07, 6.45) is -0.746. The van der Waals surface area contributed by atoms with E-state index in [1.165, 1.54) is 6.07 Å². The Morgan fingerprint density at radius 2 is 2.12 bits per heavy atom. The maximum Gasteiger partial charge on any atom is 0.164 e. The molecule has 0 aromatic carbocycles. The first-order valence-electron chi connectivity index (χ1n) is 5.01. The third kappa shape index (κ3) is 3.92. The topological polar surface area (TPSA) is 84.1 Å². The molecule has 0 unspecified atom stereocenters. The van der Waals surface area contributed by atoms with Gasteiger partial charge in [0.1, 0.15) is 6.10 Å². The zero-order valence-corrected chi connectivity index (χ0v) is 10.4. The van der Waals surface area contributed by atoms with Crippen LogP contribution in [0.1, 0.15) is 32.6 Å². The lowest BCUT2D eigenvalue weighted by Gasteiger charge is -2.22. The summed E-state index contributed by atoms with van der Waals surface area (Å²) in [5, 5.41) is 20.7. The van der Waals surface area contributed by atoms with Crippen molar-refractivity contribution in [2.75, 3.05) is 12.3 Å². The van der Waals surface area contributed by atoms with Gasteiger partial charge in [0.15, 0.2) is 5.82 Å². The second-order valence-corrected chi connectivity index (χ2v) is 5.06. The van der Waals surface area contributed by atoms with Crippen molar-refractivity contribution in [3.05, 3.63) is 16.8 Å². The Morgan fingerprint density at radius 3 is 2.62 bits per heavy atom. The van der Waals surface area contributed by atoms with Gasteiger partial charge in [0.25, 0.3) is 0 Å². The van der Waals surface area contributed by atoms with Crippen molar-refractivity contribution in [3.63, 3.8) is 0 Å². The molecular weight excluding hydrogens is 228 g/mol. The van der Waals surface area contributed by atoms with Crippen molar-refractivity contribution < 1.29 is 5.11 Å². The molecule has 1 aromatic heterocycles. The van der Waals surface area contributed by atoms with Crippen LogP contribution in [-0.4, -0.2) is 27.4 Å². The SMILES string of the molecule is CC(C)(C)NC[C@H](O)c1cc(Cl)c(N)nn1. The van der Waals surface area contributed by atoms with Gasteiger partial charge in [-0.15, -0.1) is 5.10 Å². The Hall–Kier alpha value is -0.910. The summed E-state index contributed by atoms with van der Waals surface area (Å²) in [4.78, 5) is 0. The zero-order chi connectivity index (χ0) is 12.3. The van der Waals surface area contributed by atoms with Gasteiger partial charge in [-0.2, -0.15) is 5.10 Å². The average Bonchev–Trinajstić information content (AvgIpc) is 2.17. The first-order chi connectivity index (χ1) is 7.29. The first-order valence-corrected chi connectivity index (χ1v) is 5.39. The van der Waals surface area contributed by atoms with Gasteiger partial charge in [0.05, 0.1) is 10.7 Å². The average molecular weight is 245 g/mol. The monoisotopic (exact) mass is 244 g/mol. The molecule has 0 saturated carbocycles. The molecule has 90 valence electrons. The predicted molar refractivity (Wildman–Crippen MR) is 64.2 cm³/mol. The summed E-state index contributed by atoms with van der Waals surface area (Å²) in [7, 11) is 0. The van der Waals surface area contributed by atoms with Crippen LogP contribution in [0.3, 0.4) is 0 Å². The lowest BCUT2D eigenvalue weighted by Crippen LogP contribution is -2.38. The van der Waals surface area contributed by atoms with Crippen molar-refractivity contribution in [1.82, 2.24) is 15.5 Å². The Balaban J connectivity index is 2.66. The smallest absolute Gasteiger partial charge is 0.164 e. The van der Waals surface area contributed by atoms with Crippen LogP contribution in [-0.2, 0) is 0 Å². The van der Waals surface area contributed by atoms with Gasteiger partial charge in [-0.1, -0.05) is 11.6 Å². The third-order valence-electron chi connectivity index (χ3n) is 1.96. The number of anilines is 1. The van der Waals surface area contributed by atoms with Crippen molar-refractivity contribution in [3.8, 4) is 0 Å². The molecule has 1 heterocycles. The van der Waals surface area contributed by atoms with Gasteiger partial charge in [-0.25, -0.2) is 0 Å². The number of hydrogen-bond donors (Lipinski definition) is 3. The highest BCUT2D eigenvalue weighted by Crippen LogP contribution is 2.19. The number of β-amino-alcohol motifs (C(OH)–C–C–N with tert-alkyl or cyclic N) is 1. The predicted octanol–water partition coefficient (Wildman–Crippen LogP) is 1.13. The summed E-state index contributed by atoms with van der Waals surface area (Å²) in [6, 6.07) is 1.53.